The fraction of sp³-hybridized carbons (Fsp3) is 0.312. The van der Waals surface area contributed by atoms with Crippen molar-refractivity contribution >= 4 is 21.6 Å². The van der Waals surface area contributed by atoms with Gasteiger partial charge < -0.3 is 9.73 Å². The number of rotatable bonds is 6. The summed E-state index contributed by atoms with van der Waals surface area (Å²) in [6.07, 6.45) is 4.72. The van der Waals surface area contributed by atoms with E-state index in [1.165, 1.54) is 9.71 Å². The Bertz CT molecular complexity index is 627. The molecule has 0 aliphatic carbocycles. The van der Waals surface area contributed by atoms with E-state index in [4.69, 9.17) is 9.40 Å². The van der Waals surface area contributed by atoms with Gasteiger partial charge >= 0.3 is 0 Å². The number of aromatic nitrogens is 1. The van der Waals surface area contributed by atoms with E-state index < -0.39 is 0 Å². The zero-order valence-corrected chi connectivity index (χ0v) is 12.3. The minimum atomic E-state index is 0.431. The molecule has 1 N–H and O–H groups in total. The molecule has 0 radical (unpaired) electrons. The molecule has 0 spiro atoms. The maximum atomic E-state index is 5.39. The van der Waals surface area contributed by atoms with Crippen molar-refractivity contribution in [1.82, 2.24) is 10.3 Å². The lowest BCUT2D eigenvalue weighted by Gasteiger charge is -2.13. The van der Waals surface area contributed by atoms with Gasteiger partial charge in [0.15, 0.2) is 0 Å². The van der Waals surface area contributed by atoms with Crippen LogP contribution >= 0.6 is 11.3 Å². The number of para-hydroxylation sites is 1. The summed E-state index contributed by atoms with van der Waals surface area (Å²) in [5, 5.41) is 4.58. The van der Waals surface area contributed by atoms with E-state index in [-0.39, 0.29) is 0 Å². The van der Waals surface area contributed by atoms with E-state index in [0.717, 1.165) is 30.5 Å². The van der Waals surface area contributed by atoms with Crippen LogP contribution in [0, 0.1) is 0 Å². The second-order valence-electron chi connectivity index (χ2n) is 4.88. The number of hydrogen-bond acceptors (Lipinski definition) is 4. The van der Waals surface area contributed by atoms with Gasteiger partial charge in [0, 0.05) is 18.9 Å². The predicted octanol–water partition coefficient (Wildman–Crippen LogP) is 3.65. The molecule has 0 bridgehead atoms. The molecule has 4 heteroatoms. The minimum absolute atomic E-state index is 0.431. The van der Waals surface area contributed by atoms with Gasteiger partial charge in [0.25, 0.3) is 0 Å². The lowest BCUT2D eigenvalue weighted by molar-refractivity contribution is 0.460. The van der Waals surface area contributed by atoms with Gasteiger partial charge in [0.1, 0.15) is 5.76 Å². The highest BCUT2D eigenvalue weighted by molar-refractivity contribution is 7.18. The summed E-state index contributed by atoms with van der Waals surface area (Å²) in [6, 6.07) is 12.7. The molecular weight excluding hydrogens is 268 g/mol. The Kier molecular flexibility index (Phi) is 4.14. The zero-order chi connectivity index (χ0) is 13.8. The van der Waals surface area contributed by atoms with Crippen LogP contribution in [0.15, 0.2) is 47.1 Å². The molecular formula is C16H18N2OS. The van der Waals surface area contributed by atoms with Crippen LogP contribution in [0.1, 0.15) is 17.2 Å². The van der Waals surface area contributed by atoms with Crippen LogP contribution in [-0.4, -0.2) is 18.1 Å². The maximum absolute atomic E-state index is 5.39. The normalized spacial score (nSPS) is 12.8. The summed E-state index contributed by atoms with van der Waals surface area (Å²) < 4.78 is 6.65. The van der Waals surface area contributed by atoms with Crippen LogP contribution < -0.4 is 5.32 Å². The number of benzene rings is 1. The Hall–Kier alpha value is -1.65. The molecule has 0 saturated heterocycles. The van der Waals surface area contributed by atoms with E-state index in [2.05, 4.69) is 23.5 Å². The van der Waals surface area contributed by atoms with Crippen molar-refractivity contribution < 1.29 is 4.42 Å². The molecule has 104 valence electrons. The third-order valence-electron chi connectivity index (χ3n) is 3.49. The molecule has 20 heavy (non-hydrogen) atoms. The molecule has 3 nitrogen and oxygen atoms in total. The number of thiazole rings is 1. The van der Waals surface area contributed by atoms with Crippen LogP contribution in [0.2, 0.25) is 0 Å². The summed E-state index contributed by atoms with van der Waals surface area (Å²) >= 11 is 1.79. The second kappa shape index (κ2) is 6.20. The van der Waals surface area contributed by atoms with Crippen molar-refractivity contribution in [3.8, 4) is 0 Å². The molecule has 0 saturated carbocycles. The van der Waals surface area contributed by atoms with E-state index in [1.807, 2.05) is 25.2 Å². The summed E-state index contributed by atoms with van der Waals surface area (Å²) in [7, 11) is 2.01. The van der Waals surface area contributed by atoms with Crippen molar-refractivity contribution in [3.63, 3.8) is 0 Å². The molecule has 0 fully saturated rings. The molecule has 3 rings (SSSR count). The lowest BCUT2D eigenvalue weighted by atomic mass is 10.1. The Morgan fingerprint density at radius 3 is 2.90 bits per heavy atom. The monoisotopic (exact) mass is 286 g/mol. The van der Waals surface area contributed by atoms with Gasteiger partial charge in [-0.25, -0.2) is 4.98 Å². The molecule has 1 unspecified atom stereocenters. The average molecular weight is 286 g/mol. The maximum Gasteiger partial charge on any atom is 0.103 e. The van der Waals surface area contributed by atoms with Crippen LogP contribution in [0.25, 0.3) is 10.2 Å². The van der Waals surface area contributed by atoms with E-state index in [0.29, 0.717) is 6.04 Å². The molecule has 0 aliphatic rings. The van der Waals surface area contributed by atoms with Crippen molar-refractivity contribution in [2.45, 2.75) is 25.3 Å². The molecule has 2 aromatic heterocycles. The summed E-state index contributed by atoms with van der Waals surface area (Å²) in [5.41, 5.74) is 1.10. The number of fused-ring (bicyclic) bond motifs is 1. The summed E-state index contributed by atoms with van der Waals surface area (Å²) in [4.78, 5) is 4.70. The van der Waals surface area contributed by atoms with Crippen molar-refractivity contribution in [2.75, 3.05) is 7.05 Å². The highest BCUT2D eigenvalue weighted by atomic mass is 32.1. The van der Waals surface area contributed by atoms with Crippen molar-refractivity contribution in [3.05, 3.63) is 53.4 Å². The van der Waals surface area contributed by atoms with Crippen LogP contribution in [0.5, 0.6) is 0 Å². The van der Waals surface area contributed by atoms with Gasteiger partial charge in [-0.15, -0.1) is 11.3 Å². The number of furan rings is 1. The SMILES string of the molecule is CNC(CCc1ccco1)Cc1nc2ccccc2s1. The van der Waals surface area contributed by atoms with Crippen molar-refractivity contribution in [2.24, 2.45) is 0 Å². The molecule has 0 aliphatic heterocycles. The molecule has 2 heterocycles. The Morgan fingerprint density at radius 2 is 2.15 bits per heavy atom. The largest absolute Gasteiger partial charge is 0.469 e. The molecule has 0 amide bonds. The Morgan fingerprint density at radius 1 is 1.25 bits per heavy atom. The van der Waals surface area contributed by atoms with Gasteiger partial charge in [-0.2, -0.15) is 0 Å². The van der Waals surface area contributed by atoms with E-state index in [1.54, 1.807) is 17.6 Å². The Labute approximate surface area is 122 Å². The number of likely N-dealkylation sites (N-methyl/N-ethyl adjacent to an activating group) is 1. The van der Waals surface area contributed by atoms with Gasteiger partial charge in [-0.05, 0) is 37.7 Å². The van der Waals surface area contributed by atoms with Crippen molar-refractivity contribution in [1.29, 1.82) is 0 Å². The van der Waals surface area contributed by atoms with Gasteiger partial charge in [-0.1, -0.05) is 12.1 Å². The molecule has 3 aromatic rings. The third kappa shape index (κ3) is 3.08. The standard InChI is InChI=1S/C16H18N2OS/c1-17-12(8-9-13-5-4-10-19-13)11-16-18-14-6-2-3-7-15(14)20-16/h2-7,10,12,17H,8-9,11H2,1H3. The summed E-state index contributed by atoms with van der Waals surface area (Å²) in [5.74, 6) is 1.05. The first-order valence-corrected chi connectivity index (χ1v) is 7.71. The Balaban J connectivity index is 1.64. The van der Waals surface area contributed by atoms with Gasteiger partial charge in [0.05, 0.1) is 21.5 Å². The number of hydrogen-bond donors (Lipinski definition) is 1. The predicted molar refractivity (Wildman–Crippen MR) is 83.2 cm³/mol. The minimum Gasteiger partial charge on any atom is -0.469 e. The number of aryl methyl sites for hydroxylation is 1. The lowest BCUT2D eigenvalue weighted by Crippen LogP contribution is -2.28. The average Bonchev–Trinajstić information content (AvgIpc) is 3.11. The highest BCUT2D eigenvalue weighted by Crippen LogP contribution is 2.23. The first-order valence-electron chi connectivity index (χ1n) is 6.89. The smallest absolute Gasteiger partial charge is 0.103 e. The fourth-order valence-electron chi connectivity index (χ4n) is 2.34. The fourth-order valence-corrected chi connectivity index (χ4v) is 3.39. The van der Waals surface area contributed by atoms with Gasteiger partial charge in [-0.3, -0.25) is 0 Å². The highest BCUT2D eigenvalue weighted by Gasteiger charge is 2.12. The number of nitrogens with zero attached hydrogens (tertiary/aromatic N) is 1. The number of nitrogens with one attached hydrogen (secondary N) is 1. The topological polar surface area (TPSA) is 38.1 Å². The first-order chi connectivity index (χ1) is 9.85. The molecule has 1 atom stereocenters. The van der Waals surface area contributed by atoms with Crippen LogP contribution in [0.4, 0.5) is 0 Å². The third-order valence-corrected chi connectivity index (χ3v) is 4.55. The zero-order valence-electron chi connectivity index (χ0n) is 11.5. The second-order valence-corrected chi connectivity index (χ2v) is 6.00. The molecule has 1 aromatic carbocycles. The quantitative estimate of drug-likeness (QED) is 0.751. The van der Waals surface area contributed by atoms with Gasteiger partial charge in [0.2, 0.25) is 0 Å². The first kappa shape index (κ1) is 13.3. The van der Waals surface area contributed by atoms with E-state index in [9.17, 15) is 0 Å². The van der Waals surface area contributed by atoms with Crippen LogP contribution in [-0.2, 0) is 12.8 Å². The van der Waals surface area contributed by atoms with Crippen LogP contribution in [0.3, 0.4) is 0 Å². The summed E-state index contributed by atoms with van der Waals surface area (Å²) in [6.45, 7) is 0. The van der Waals surface area contributed by atoms with E-state index >= 15 is 0 Å².